The molecule has 338 valence electrons. The van der Waals surface area contributed by atoms with Crippen LogP contribution < -0.4 is 16.1 Å². The molecule has 3 aromatic carbocycles. The quantitative estimate of drug-likeness (QED) is 0.114. The number of nitrogens with one attached hydrogen (secondary N) is 3. The maximum Gasteiger partial charge on any atom is 0.408 e. The van der Waals surface area contributed by atoms with Gasteiger partial charge in [-0.2, -0.15) is 0 Å². The monoisotopic (exact) mass is 883 g/mol. The van der Waals surface area contributed by atoms with E-state index in [4.69, 9.17) is 28.6 Å². The number of amides is 4. The van der Waals surface area contributed by atoms with Gasteiger partial charge in [0.2, 0.25) is 11.3 Å². The van der Waals surface area contributed by atoms with Crippen LogP contribution in [0.15, 0.2) is 93.3 Å². The molecule has 0 saturated carbocycles. The third kappa shape index (κ3) is 8.99. The highest BCUT2D eigenvalue weighted by atomic mass is 16.6. The molecule has 4 aliphatic rings. The first kappa shape index (κ1) is 43.4. The Bertz CT molecular complexity index is 2740. The standard InChI is InChI=1S/C49H53N7O9/c1-28(2)42(53-48(60)62-3)46(58)55-19-7-11-38(55)36-24-32(26-50-36)30-13-15-34-41(25-30)65-40-16-14-31(23-35(40)44(34)57)37-27-51-45(52-37)39-12-8-20-56(39)47(59)43(29-9-5-4-6-10-29)54-49(61)64-33-17-21-63-22-18-33/h4-6,9-10,13-16,23,25-28,33,38-39,42-43H,7-8,11-12,17-22,24H2,1-3H3,(H,51,52)(H,53,60)(H,54,61)/t38-,39-,42-,43+/m0/s1. The van der Waals surface area contributed by atoms with Crippen LogP contribution in [0.4, 0.5) is 9.59 Å². The zero-order valence-electron chi connectivity index (χ0n) is 36.7. The van der Waals surface area contributed by atoms with Gasteiger partial charge >= 0.3 is 12.2 Å². The van der Waals surface area contributed by atoms with Crippen molar-refractivity contribution >= 4 is 57.2 Å². The number of rotatable bonds is 11. The van der Waals surface area contributed by atoms with E-state index in [1.54, 1.807) is 29.3 Å². The van der Waals surface area contributed by atoms with Crippen LogP contribution in [0, 0.1) is 5.92 Å². The molecule has 16 heteroatoms. The second-order valence-corrected chi connectivity index (χ2v) is 17.4. The van der Waals surface area contributed by atoms with E-state index in [1.165, 1.54) is 7.11 Å². The summed E-state index contributed by atoms with van der Waals surface area (Å²) in [5, 5.41) is 6.40. The molecule has 5 aromatic rings. The van der Waals surface area contributed by atoms with Crippen molar-refractivity contribution in [3.63, 3.8) is 0 Å². The largest absolute Gasteiger partial charge is 0.456 e. The number of methoxy groups -OCH3 is 1. The highest BCUT2D eigenvalue weighted by molar-refractivity contribution is 6.04. The number of alkyl carbamates (subject to hydrolysis) is 2. The summed E-state index contributed by atoms with van der Waals surface area (Å²) in [5.74, 6) is 0.0694. The molecule has 0 radical (unpaired) electrons. The number of aromatic nitrogens is 2. The van der Waals surface area contributed by atoms with Gasteiger partial charge in [0.1, 0.15) is 35.2 Å². The topological polar surface area (TPSA) is 198 Å². The predicted octanol–water partition coefficient (Wildman–Crippen LogP) is 7.20. The van der Waals surface area contributed by atoms with E-state index in [0.29, 0.717) is 91.0 Å². The lowest BCUT2D eigenvalue weighted by atomic mass is 9.96. The smallest absolute Gasteiger partial charge is 0.408 e. The molecule has 6 heterocycles. The summed E-state index contributed by atoms with van der Waals surface area (Å²) < 4.78 is 22.2. The maximum absolute atomic E-state index is 14.3. The van der Waals surface area contributed by atoms with Gasteiger partial charge in [0.05, 0.1) is 55.1 Å². The number of allylic oxidation sites excluding steroid dienone is 1. The van der Waals surface area contributed by atoms with Gasteiger partial charge in [-0.3, -0.25) is 19.4 Å². The molecule has 65 heavy (non-hydrogen) atoms. The van der Waals surface area contributed by atoms with Crippen LogP contribution in [-0.4, -0.2) is 101 Å². The van der Waals surface area contributed by atoms with Crippen LogP contribution in [0.5, 0.6) is 0 Å². The molecule has 0 aliphatic carbocycles. The molecule has 16 nitrogen and oxygen atoms in total. The van der Waals surface area contributed by atoms with E-state index in [9.17, 15) is 24.0 Å². The highest BCUT2D eigenvalue weighted by Crippen LogP contribution is 2.36. The number of carbonyl (C=O) groups is 4. The van der Waals surface area contributed by atoms with Crippen LogP contribution in [0.3, 0.4) is 0 Å². The Morgan fingerprint density at radius 2 is 1.55 bits per heavy atom. The Morgan fingerprint density at radius 3 is 2.31 bits per heavy atom. The number of fused-ring (bicyclic) bond motifs is 2. The third-order valence-electron chi connectivity index (χ3n) is 13.0. The lowest BCUT2D eigenvalue weighted by Gasteiger charge is -2.31. The molecule has 4 amide bonds. The van der Waals surface area contributed by atoms with Gasteiger partial charge < -0.3 is 44.0 Å². The molecule has 2 aromatic heterocycles. The Morgan fingerprint density at radius 1 is 0.815 bits per heavy atom. The number of ether oxygens (including phenoxy) is 3. The zero-order valence-corrected chi connectivity index (χ0v) is 36.7. The van der Waals surface area contributed by atoms with E-state index < -0.39 is 24.3 Å². The second kappa shape index (κ2) is 18.7. The number of hydrogen-bond acceptors (Lipinski definition) is 11. The minimum Gasteiger partial charge on any atom is -0.456 e. The van der Waals surface area contributed by atoms with Gasteiger partial charge in [-0.25, -0.2) is 14.6 Å². The molecule has 9 rings (SSSR count). The molecule has 3 N–H and O–H groups in total. The van der Waals surface area contributed by atoms with E-state index in [0.717, 1.165) is 41.7 Å². The van der Waals surface area contributed by atoms with Crippen molar-refractivity contribution in [2.45, 2.75) is 89.1 Å². The van der Waals surface area contributed by atoms with Crippen LogP contribution >= 0.6 is 0 Å². The molecule has 0 unspecified atom stereocenters. The Balaban J connectivity index is 0.895. The minimum atomic E-state index is -0.952. The van der Waals surface area contributed by atoms with E-state index in [2.05, 4.69) is 15.6 Å². The van der Waals surface area contributed by atoms with Crippen molar-refractivity contribution < 1.29 is 37.8 Å². The van der Waals surface area contributed by atoms with Gasteiger partial charge in [-0.1, -0.05) is 50.2 Å². The predicted molar refractivity (Wildman–Crippen MR) is 243 cm³/mol. The average molecular weight is 884 g/mol. The summed E-state index contributed by atoms with van der Waals surface area (Å²) in [6, 6.07) is 17.9. The van der Waals surface area contributed by atoms with Crippen molar-refractivity contribution in [3.8, 4) is 11.3 Å². The van der Waals surface area contributed by atoms with Crippen molar-refractivity contribution in [2.75, 3.05) is 33.4 Å². The fourth-order valence-corrected chi connectivity index (χ4v) is 9.47. The molecule has 3 saturated heterocycles. The number of nitrogens with zero attached hydrogens (tertiary/aromatic N) is 4. The summed E-state index contributed by atoms with van der Waals surface area (Å²) in [6.07, 6.45) is 6.76. The molecular formula is C49H53N7O9. The fourth-order valence-electron chi connectivity index (χ4n) is 9.47. The van der Waals surface area contributed by atoms with Crippen molar-refractivity contribution in [1.29, 1.82) is 0 Å². The van der Waals surface area contributed by atoms with Crippen molar-refractivity contribution in [3.05, 3.63) is 106 Å². The number of imidazole rings is 1. The lowest BCUT2D eigenvalue weighted by Crippen LogP contribution is -2.53. The number of carbonyl (C=O) groups excluding carboxylic acids is 4. The normalized spacial score (nSPS) is 19.9. The number of hydrogen-bond donors (Lipinski definition) is 3. The first-order chi connectivity index (χ1) is 31.6. The van der Waals surface area contributed by atoms with Crippen LogP contribution in [0.25, 0.3) is 38.8 Å². The number of benzene rings is 3. The molecule has 3 fully saturated rings. The van der Waals surface area contributed by atoms with E-state index in [-0.39, 0.29) is 41.3 Å². The minimum absolute atomic E-state index is 0.131. The molecule has 4 atom stereocenters. The summed E-state index contributed by atoms with van der Waals surface area (Å²) in [6.45, 7) is 5.90. The molecule has 4 aliphatic heterocycles. The molecule has 0 bridgehead atoms. The van der Waals surface area contributed by atoms with Gasteiger partial charge in [-0.05, 0) is 78.6 Å². The number of aromatic amines is 1. The Kier molecular flexibility index (Phi) is 12.5. The number of H-pyrrole nitrogens is 1. The Labute approximate surface area is 375 Å². The van der Waals surface area contributed by atoms with E-state index in [1.807, 2.05) is 73.5 Å². The average Bonchev–Trinajstić information content (AvgIpc) is 4.17. The number of likely N-dealkylation sites (tertiary alicyclic amines) is 2. The van der Waals surface area contributed by atoms with Gasteiger partial charge in [0, 0.05) is 49.8 Å². The highest BCUT2D eigenvalue weighted by Gasteiger charge is 2.40. The van der Waals surface area contributed by atoms with Gasteiger partial charge in [0.25, 0.3) is 5.91 Å². The summed E-state index contributed by atoms with van der Waals surface area (Å²) in [7, 11) is 1.28. The van der Waals surface area contributed by atoms with Crippen molar-refractivity contribution in [2.24, 2.45) is 10.9 Å². The van der Waals surface area contributed by atoms with Crippen LogP contribution in [0.2, 0.25) is 0 Å². The first-order valence-corrected chi connectivity index (χ1v) is 22.4. The maximum atomic E-state index is 14.3. The van der Waals surface area contributed by atoms with E-state index >= 15 is 0 Å². The third-order valence-corrected chi connectivity index (χ3v) is 13.0. The summed E-state index contributed by atoms with van der Waals surface area (Å²) in [5.41, 5.74) is 5.47. The van der Waals surface area contributed by atoms with Crippen LogP contribution in [0.1, 0.15) is 87.8 Å². The fraction of sp³-hybridized carbons (Fsp3) is 0.408. The van der Waals surface area contributed by atoms with Crippen molar-refractivity contribution in [1.82, 2.24) is 30.4 Å². The molecular weight excluding hydrogens is 831 g/mol. The number of aliphatic imine (C=N–C) groups is 1. The summed E-state index contributed by atoms with van der Waals surface area (Å²) >= 11 is 0. The zero-order chi connectivity index (χ0) is 45.2. The second-order valence-electron chi connectivity index (χ2n) is 17.4. The molecule has 0 spiro atoms. The van der Waals surface area contributed by atoms with Gasteiger partial charge in [0.15, 0.2) is 0 Å². The van der Waals surface area contributed by atoms with Gasteiger partial charge in [-0.15, -0.1) is 0 Å². The SMILES string of the molecule is COC(=O)N[C@H](C(=O)N1CCC[C@H]1C1=NC=C(c2ccc3c(=O)c4cc(-c5cnc([C@@H]6CCCN6C(=O)[C@H](NC(=O)OC6CCOCC6)c6ccccc6)[nH]5)ccc4oc3c2)C1)C(C)C. The lowest BCUT2D eigenvalue weighted by molar-refractivity contribution is -0.135. The summed E-state index contributed by atoms with van der Waals surface area (Å²) in [4.78, 5) is 83.6. The Hall–Kier alpha value is -6.81. The van der Waals surface area contributed by atoms with Crippen LogP contribution in [-0.2, 0) is 23.8 Å². The first-order valence-electron chi connectivity index (χ1n) is 22.4.